The molecule has 2 rings (SSSR count). The third kappa shape index (κ3) is 1.95. The molecule has 13 heavy (non-hydrogen) atoms. The lowest BCUT2D eigenvalue weighted by Crippen LogP contribution is -2.10. The fourth-order valence-corrected chi connectivity index (χ4v) is 1.64. The van der Waals surface area contributed by atoms with Gasteiger partial charge in [0.1, 0.15) is 0 Å². The molecule has 0 unspecified atom stereocenters. The fourth-order valence-electron chi connectivity index (χ4n) is 1.11. The van der Waals surface area contributed by atoms with E-state index in [0.29, 0.717) is 15.6 Å². The van der Waals surface area contributed by atoms with Crippen molar-refractivity contribution in [3.8, 4) is 0 Å². The Labute approximate surface area is 86.0 Å². The van der Waals surface area contributed by atoms with E-state index in [9.17, 15) is 4.79 Å². The molecule has 1 aromatic rings. The van der Waals surface area contributed by atoms with Crippen molar-refractivity contribution in [1.82, 2.24) is 4.90 Å². The molecule has 0 atom stereocenters. The summed E-state index contributed by atoms with van der Waals surface area (Å²) in [6, 6.07) is 4.88. The zero-order valence-corrected chi connectivity index (χ0v) is 8.27. The SMILES string of the molecule is O=C(c1cc(Cl)cc(Cl)c1)N1CC1. The Balaban J connectivity index is 2.33. The second-order valence-electron chi connectivity index (χ2n) is 2.95. The summed E-state index contributed by atoms with van der Waals surface area (Å²) in [6.07, 6.45) is 0. The van der Waals surface area contributed by atoms with E-state index in [1.807, 2.05) is 0 Å². The first-order chi connectivity index (χ1) is 6.16. The van der Waals surface area contributed by atoms with Crippen LogP contribution < -0.4 is 0 Å². The summed E-state index contributed by atoms with van der Waals surface area (Å²) in [7, 11) is 0. The largest absolute Gasteiger partial charge is 0.335 e. The number of rotatable bonds is 1. The standard InChI is InChI=1S/C9H7Cl2NO/c10-7-3-6(4-8(11)5-7)9(13)12-1-2-12/h3-5H,1-2H2. The lowest BCUT2D eigenvalue weighted by Gasteiger charge is -2.02. The van der Waals surface area contributed by atoms with Gasteiger partial charge in [0, 0.05) is 28.7 Å². The lowest BCUT2D eigenvalue weighted by molar-refractivity contribution is 0.0885. The maximum atomic E-state index is 11.5. The number of hydrogen-bond acceptors (Lipinski definition) is 1. The summed E-state index contributed by atoms with van der Waals surface area (Å²) >= 11 is 11.5. The van der Waals surface area contributed by atoms with Crippen LogP contribution in [0.1, 0.15) is 10.4 Å². The van der Waals surface area contributed by atoms with Crippen molar-refractivity contribution in [2.45, 2.75) is 0 Å². The average molecular weight is 216 g/mol. The van der Waals surface area contributed by atoms with Crippen LogP contribution in [0.3, 0.4) is 0 Å². The van der Waals surface area contributed by atoms with E-state index in [1.165, 1.54) is 0 Å². The van der Waals surface area contributed by atoms with Gasteiger partial charge in [0.2, 0.25) is 0 Å². The minimum atomic E-state index is 0.00407. The number of carbonyl (C=O) groups is 1. The molecule has 0 N–H and O–H groups in total. The maximum Gasteiger partial charge on any atom is 0.254 e. The van der Waals surface area contributed by atoms with Crippen LogP contribution in [0.15, 0.2) is 18.2 Å². The second-order valence-corrected chi connectivity index (χ2v) is 3.82. The Kier molecular flexibility index (Phi) is 2.18. The van der Waals surface area contributed by atoms with Crippen molar-refractivity contribution in [3.63, 3.8) is 0 Å². The molecule has 0 bridgehead atoms. The molecular formula is C9H7Cl2NO. The van der Waals surface area contributed by atoms with Crippen molar-refractivity contribution < 1.29 is 4.79 Å². The minimum absolute atomic E-state index is 0.00407. The number of nitrogens with zero attached hydrogens (tertiary/aromatic N) is 1. The van der Waals surface area contributed by atoms with Crippen LogP contribution in [0.4, 0.5) is 0 Å². The summed E-state index contributed by atoms with van der Waals surface area (Å²) < 4.78 is 0. The van der Waals surface area contributed by atoms with Gasteiger partial charge in [0.15, 0.2) is 0 Å². The molecule has 1 aliphatic heterocycles. The van der Waals surface area contributed by atoms with Gasteiger partial charge in [-0.1, -0.05) is 23.2 Å². The van der Waals surface area contributed by atoms with Crippen LogP contribution in [-0.2, 0) is 0 Å². The highest BCUT2D eigenvalue weighted by Crippen LogP contribution is 2.21. The second kappa shape index (κ2) is 3.20. The summed E-state index contributed by atoms with van der Waals surface area (Å²) in [5.74, 6) is 0.00407. The van der Waals surface area contributed by atoms with Crippen LogP contribution in [0, 0.1) is 0 Å². The van der Waals surface area contributed by atoms with E-state index in [1.54, 1.807) is 23.1 Å². The molecule has 0 radical (unpaired) electrons. The van der Waals surface area contributed by atoms with Gasteiger partial charge in [0.05, 0.1) is 0 Å². The normalized spacial score (nSPS) is 14.5. The van der Waals surface area contributed by atoms with E-state index in [4.69, 9.17) is 23.2 Å². The first kappa shape index (κ1) is 8.85. The van der Waals surface area contributed by atoms with Crippen LogP contribution >= 0.6 is 23.2 Å². The first-order valence-electron chi connectivity index (χ1n) is 3.92. The summed E-state index contributed by atoms with van der Waals surface area (Å²) in [6.45, 7) is 1.67. The van der Waals surface area contributed by atoms with Gasteiger partial charge in [-0.3, -0.25) is 4.79 Å². The van der Waals surface area contributed by atoms with Gasteiger partial charge < -0.3 is 4.90 Å². The molecule has 1 heterocycles. The van der Waals surface area contributed by atoms with Crippen molar-refractivity contribution in [2.24, 2.45) is 0 Å². The highest BCUT2D eigenvalue weighted by Gasteiger charge is 2.25. The quantitative estimate of drug-likeness (QED) is 0.660. The van der Waals surface area contributed by atoms with Gasteiger partial charge in [-0.25, -0.2) is 0 Å². The molecule has 2 nitrogen and oxygen atoms in total. The van der Waals surface area contributed by atoms with Crippen LogP contribution in [0.5, 0.6) is 0 Å². The van der Waals surface area contributed by atoms with E-state index in [-0.39, 0.29) is 5.91 Å². The third-order valence-corrected chi connectivity index (χ3v) is 2.28. The van der Waals surface area contributed by atoms with Gasteiger partial charge in [0.25, 0.3) is 5.91 Å². The van der Waals surface area contributed by atoms with Crippen LogP contribution in [0.25, 0.3) is 0 Å². The molecular weight excluding hydrogens is 209 g/mol. The fraction of sp³-hybridized carbons (Fsp3) is 0.222. The lowest BCUT2D eigenvalue weighted by atomic mass is 10.2. The zero-order chi connectivity index (χ0) is 9.42. The molecule has 1 aliphatic rings. The topological polar surface area (TPSA) is 20.1 Å². The number of benzene rings is 1. The number of halogens is 2. The Bertz CT molecular complexity index is 340. The number of carbonyl (C=O) groups excluding carboxylic acids is 1. The van der Waals surface area contributed by atoms with Gasteiger partial charge in [-0.15, -0.1) is 0 Å². The molecule has 0 spiro atoms. The minimum Gasteiger partial charge on any atom is -0.335 e. The Hall–Kier alpha value is -0.730. The Morgan fingerprint density at radius 1 is 1.15 bits per heavy atom. The van der Waals surface area contributed by atoms with Crippen molar-refractivity contribution in [1.29, 1.82) is 0 Å². The van der Waals surface area contributed by atoms with E-state index in [0.717, 1.165) is 13.1 Å². The molecule has 1 fully saturated rings. The molecule has 68 valence electrons. The maximum absolute atomic E-state index is 11.5. The van der Waals surface area contributed by atoms with Crippen LogP contribution in [-0.4, -0.2) is 23.9 Å². The van der Waals surface area contributed by atoms with Gasteiger partial charge in [-0.05, 0) is 18.2 Å². The molecule has 0 aliphatic carbocycles. The molecule has 4 heteroatoms. The number of amides is 1. The molecule has 1 saturated heterocycles. The van der Waals surface area contributed by atoms with Crippen LogP contribution in [0.2, 0.25) is 10.0 Å². The van der Waals surface area contributed by atoms with Gasteiger partial charge >= 0.3 is 0 Å². The Morgan fingerprint density at radius 3 is 2.15 bits per heavy atom. The van der Waals surface area contributed by atoms with Crippen molar-refractivity contribution >= 4 is 29.1 Å². The van der Waals surface area contributed by atoms with E-state index < -0.39 is 0 Å². The predicted molar refractivity (Wildman–Crippen MR) is 52.4 cm³/mol. The molecule has 1 amide bonds. The average Bonchev–Trinajstić information content (AvgIpc) is 2.83. The van der Waals surface area contributed by atoms with E-state index in [2.05, 4.69) is 0 Å². The highest BCUT2D eigenvalue weighted by molar-refractivity contribution is 6.35. The predicted octanol–water partition coefficient (Wildman–Crippen LogP) is 2.45. The Morgan fingerprint density at radius 2 is 1.69 bits per heavy atom. The molecule has 0 aromatic heterocycles. The summed E-state index contributed by atoms with van der Waals surface area (Å²) in [5, 5.41) is 0.996. The summed E-state index contributed by atoms with van der Waals surface area (Å²) in [5.41, 5.74) is 0.565. The summed E-state index contributed by atoms with van der Waals surface area (Å²) in [4.78, 5) is 13.2. The number of hydrogen-bond donors (Lipinski definition) is 0. The molecule has 0 saturated carbocycles. The third-order valence-electron chi connectivity index (χ3n) is 1.84. The zero-order valence-electron chi connectivity index (χ0n) is 6.76. The monoisotopic (exact) mass is 215 g/mol. The smallest absolute Gasteiger partial charge is 0.254 e. The molecule has 1 aromatic carbocycles. The first-order valence-corrected chi connectivity index (χ1v) is 4.68. The highest BCUT2D eigenvalue weighted by atomic mass is 35.5. The van der Waals surface area contributed by atoms with Crippen molar-refractivity contribution in [2.75, 3.05) is 13.1 Å². The van der Waals surface area contributed by atoms with E-state index >= 15 is 0 Å². The van der Waals surface area contributed by atoms with Gasteiger partial charge in [-0.2, -0.15) is 0 Å². The van der Waals surface area contributed by atoms with Crippen molar-refractivity contribution in [3.05, 3.63) is 33.8 Å².